The van der Waals surface area contributed by atoms with Crippen LogP contribution in [0.5, 0.6) is 11.6 Å². The van der Waals surface area contributed by atoms with Crippen molar-refractivity contribution in [1.29, 1.82) is 0 Å². The molecular weight excluding hydrogens is 240 g/mol. The van der Waals surface area contributed by atoms with Gasteiger partial charge in [-0.3, -0.25) is 4.98 Å². The highest BCUT2D eigenvalue weighted by atomic mass is 16.5. The first kappa shape index (κ1) is 11.4. The molecule has 1 aromatic carbocycles. The normalized spacial score (nSPS) is 10.6. The third-order valence-electron chi connectivity index (χ3n) is 2.73. The second-order valence-corrected chi connectivity index (χ2v) is 4.09. The summed E-state index contributed by atoms with van der Waals surface area (Å²) in [6, 6.07) is 11.1. The molecule has 2 N–H and O–H groups in total. The van der Waals surface area contributed by atoms with Gasteiger partial charge in [0.15, 0.2) is 11.6 Å². The van der Waals surface area contributed by atoms with Gasteiger partial charge in [-0.25, -0.2) is 9.97 Å². The summed E-state index contributed by atoms with van der Waals surface area (Å²) in [6.45, 7) is 1.86. The summed E-state index contributed by atoms with van der Waals surface area (Å²) in [5, 5.41) is 0. The number of fused-ring (bicyclic) bond motifs is 1. The minimum Gasteiger partial charge on any atom is -0.434 e. The number of hydrogen-bond donors (Lipinski definition) is 1. The fourth-order valence-corrected chi connectivity index (χ4v) is 1.75. The standard InChI is InChI=1S/C14H12N4O/c1-9-12(7-4-8-16-9)19-14-13(15)17-10-5-2-3-6-11(10)18-14/h2-8H,1H3,(H2,15,17). The highest BCUT2D eigenvalue weighted by molar-refractivity contribution is 5.76. The van der Waals surface area contributed by atoms with Gasteiger partial charge in [0.2, 0.25) is 0 Å². The van der Waals surface area contributed by atoms with Crippen molar-refractivity contribution in [3.8, 4) is 11.6 Å². The van der Waals surface area contributed by atoms with Gasteiger partial charge in [0.25, 0.3) is 5.88 Å². The molecule has 0 aliphatic carbocycles. The van der Waals surface area contributed by atoms with E-state index in [1.807, 2.05) is 37.3 Å². The average molecular weight is 252 g/mol. The van der Waals surface area contributed by atoms with Crippen molar-refractivity contribution >= 4 is 16.9 Å². The van der Waals surface area contributed by atoms with E-state index in [4.69, 9.17) is 10.5 Å². The first-order chi connectivity index (χ1) is 9.24. The minimum atomic E-state index is 0.266. The Labute approximate surface area is 110 Å². The van der Waals surface area contributed by atoms with Crippen molar-refractivity contribution in [2.75, 3.05) is 5.73 Å². The number of rotatable bonds is 2. The minimum absolute atomic E-state index is 0.266. The number of aromatic nitrogens is 3. The molecule has 94 valence electrons. The monoisotopic (exact) mass is 252 g/mol. The molecule has 2 heterocycles. The summed E-state index contributed by atoms with van der Waals surface area (Å²) in [6.07, 6.45) is 1.71. The predicted octanol–water partition coefficient (Wildman–Crippen LogP) is 2.71. The highest BCUT2D eigenvalue weighted by Gasteiger charge is 2.09. The number of aryl methyl sites for hydroxylation is 1. The van der Waals surface area contributed by atoms with Gasteiger partial charge in [-0.2, -0.15) is 0 Å². The Morgan fingerprint density at radius 1 is 1.00 bits per heavy atom. The number of nitrogen functional groups attached to an aromatic ring is 1. The Hall–Kier alpha value is -2.69. The molecule has 0 aliphatic rings. The van der Waals surface area contributed by atoms with Crippen LogP contribution in [0.25, 0.3) is 11.0 Å². The van der Waals surface area contributed by atoms with Crippen molar-refractivity contribution in [3.05, 3.63) is 48.3 Å². The molecule has 0 radical (unpaired) electrons. The van der Waals surface area contributed by atoms with Crippen LogP contribution in [0.15, 0.2) is 42.6 Å². The number of ether oxygens (including phenoxy) is 1. The van der Waals surface area contributed by atoms with Crippen LogP contribution < -0.4 is 10.5 Å². The van der Waals surface area contributed by atoms with Crippen LogP contribution in [0.2, 0.25) is 0 Å². The largest absolute Gasteiger partial charge is 0.434 e. The quantitative estimate of drug-likeness (QED) is 0.759. The summed E-state index contributed by atoms with van der Waals surface area (Å²) >= 11 is 0. The molecule has 19 heavy (non-hydrogen) atoms. The van der Waals surface area contributed by atoms with Crippen LogP contribution >= 0.6 is 0 Å². The fourth-order valence-electron chi connectivity index (χ4n) is 1.75. The van der Waals surface area contributed by atoms with E-state index in [2.05, 4.69) is 15.0 Å². The molecule has 2 aromatic heterocycles. The van der Waals surface area contributed by atoms with Crippen LogP contribution in [0, 0.1) is 6.92 Å². The van der Waals surface area contributed by atoms with Crippen molar-refractivity contribution < 1.29 is 4.74 Å². The molecule has 0 atom stereocenters. The first-order valence-corrected chi connectivity index (χ1v) is 5.86. The van der Waals surface area contributed by atoms with Gasteiger partial charge < -0.3 is 10.5 Å². The number of pyridine rings is 1. The zero-order valence-electron chi connectivity index (χ0n) is 10.4. The predicted molar refractivity (Wildman–Crippen MR) is 73.0 cm³/mol. The summed E-state index contributed by atoms with van der Waals surface area (Å²) in [7, 11) is 0. The number of benzene rings is 1. The second-order valence-electron chi connectivity index (χ2n) is 4.09. The van der Waals surface area contributed by atoms with E-state index >= 15 is 0 Å². The Morgan fingerprint density at radius 2 is 1.74 bits per heavy atom. The van der Waals surface area contributed by atoms with Crippen LogP contribution in [-0.4, -0.2) is 15.0 Å². The first-order valence-electron chi connectivity index (χ1n) is 5.86. The lowest BCUT2D eigenvalue weighted by atomic mass is 10.3. The molecule has 5 nitrogen and oxygen atoms in total. The maximum atomic E-state index is 5.87. The molecule has 0 fully saturated rings. The average Bonchev–Trinajstić information content (AvgIpc) is 2.42. The Balaban J connectivity index is 2.06. The van der Waals surface area contributed by atoms with E-state index in [9.17, 15) is 0 Å². The molecule has 0 saturated carbocycles. The summed E-state index contributed by atoms with van der Waals surface area (Å²) in [4.78, 5) is 12.8. The number of hydrogen-bond acceptors (Lipinski definition) is 5. The fraction of sp³-hybridized carbons (Fsp3) is 0.0714. The van der Waals surface area contributed by atoms with E-state index < -0.39 is 0 Å². The number of nitrogens with two attached hydrogens (primary N) is 1. The van der Waals surface area contributed by atoms with Gasteiger partial charge >= 0.3 is 0 Å². The van der Waals surface area contributed by atoms with E-state index in [0.29, 0.717) is 11.6 Å². The maximum absolute atomic E-state index is 5.87. The van der Waals surface area contributed by atoms with Crippen molar-refractivity contribution in [2.45, 2.75) is 6.92 Å². The summed E-state index contributed by atoms with van der Waals surface area (Å²) in [5.41, 5.74) is 8.13. The van der Waals surface area contributed by atoms with Gasteiger partial charge in [-0.05, 0) is 31.2 Å². The molecule has 0 spiro atoms. The number of nitrogens with zero attached hydrogens (tertiary/aromatic N) is 3. The maximum Gasteiger partial charge on any atom is 0.263 e. The second kappa shape index (κ2) is 4.53. The number of anilines is 1. The zero-order valence-corrected chi connectivity index (χ0v) is 10.4. The molecule has 0 saturated heterocycles. The molecule has 3 aromatic rings. The SMILES string of the molecule is Cc1ncccc1Oc1nc2ccccc2nc1N. The van der Waals surface area contributed by atoms with Crippen molar-refractivity contribution in [3.63, 3.8) is 0 Å². The third-order valence-corrected chi connectivity index (χ3v) is 2.73. The van der Waals surface area contributed by atoms with Crippen LogP contribution in [0.3, 0.4) is 0 Å². The topological polar surface area (TPSA) is 73.9 Å². The highest BCUT2D eigenvalue weighted by Crippen LogP contribution is 2.27. The van der Waals surface area contributed by atoms with E-state index in [1.165, 1.54) is 0 Å². The lowest BCUT2D eigenvalue weighted by molar-refractivity contribution is 0.459. The van der Waals surface area contributed by atoms with E-state index in [-0.39, 0.29) is 5.82 Å². The van der Waals surface area contributed by atoms with Gasteiger partial charge in [-0.1, -0.05) is 12.1 Å². The van der Waals surface area contributed by atoms with Gasteiger partial charge in [-0.15, -0.1) is 0 Å². The summed E-state index contributed by atoms with van der Waals surface area (Å²) < 4.78 is 5.69. The van der Waals surface area contributed by atoms with E-state index in [1.54, 1.807) is 12.3 Å². The smallest absolute Gasteiger partial charge is 0.263 e. The lowest BCUT2D eigenvalue weighted by Gasteiger charge is -2.09. The van der Waals surface area contributed by atoms with Gasteiger partial charge in [0, 0.05) is 6.20 Å². The zero-order chi connectivity index (χ0) is 13.2. The van der Waals surface area contributed by atoms with Crippen LogP contribution in [0.1, 0.15) is 5.69 Å². The molecule has 3 rings (SSSR count). The third kappa shape index (κ3) is 2.18. The van der Waals surface area contributed by atoms with Gasteiger partial charge in [0.1, 0.15) is 0 Å². The van der Waals surface area contributed by atoms with Crippen LogP contribution in [-0.2, 0) is 0 Å². The summed E-state index contributed by atoms with van der Waals surface area (Å²) in [5.74, 6) is 1.19. The molecule has 5 heteroatoms. The van der Waals surface area contributed by atoms with E-state index in [0.717, 1.165) is 16.7 Å². The van der Waals surface area contributed by atoms with Crippen molar-refractivity contribution in [1.82, 2.24) is 15.0 Å². The molecule has 0 amide bonds. The Bertz CT molecular complexity index is 742. The molecular formula is C14H12N4O. The lowest BCUT2D eigenvalue weighted by Crippen LogP contribution is -2.00. The van der Waals surface area contributed by atoms with Gasteiger partial charge in [0.05, 0.1) is 16.7 Å². The van der Waals surface area contributed by atoms with Crippen LogP contribution in [0.4, 0.5) is 5.82 Å². The van der Waals surface area contributed by atoms with Crippen molar-refractivity contribution in [2.24, 2.45) is 0 Å². The Kier molecular flexibility index (Phi) is 2.72. The molecule has 0 unspecified atom stereocenters. The Morgan fingerprint density at radius 3 is 2.47 bits per heavy atom. The molecule has 0 bridgehead atoms. The molecule has 0 aliphatic heterocycles. The number of para-hydroxylation sites is 2.